The number of rotatable bonds is 4. The van der Waals surface area contributed by atoms with Gasteiger partial charge in [0.05, 0.1) is 24.7 Å². The molecule has 130 valence electrons. The highest BCUT2D eigenvalue weighted by atomic mass is 16.5. The van der Waals surface area contributed by atoms with Gasteiger partial charge in [-0.25, -0.2) is 0 Å². The summed E-state index contributed by atoms with van der Waals surface area (Å²) in [6, 6.07) is 4.79. The lowest BCUT2D eigenvalue weighted by Gasteiger charge is -2.37. The molecule has 1 saturated carbocycles. The molecule has 5 rings (SSSR count). The van der Waals surface area contributed by atoms with Crippen LogP contribution in [0.3, 0.4) is 0 Å². The van der Waals surface area contributed by atoms with Crippen LogP contribution in [0.4, 0.5) is 0 Å². The van der Waals surface area contributed by atoms with Gasteiger partial charge in [-0.05, 0) is 55.4 Å². The average molecular weight is 340 g/mol. The van der Waals surface area contributed by atoms with Crippen molar-refractivity contribution in [2.75, 3.05) is 6.61 Å². The fourth-order valence-electron chi connectivity index (χ4n) is 4.18. The first-order chi connectivity index (χ1) is 12.1. The van der Waals surface area contributed by atoms with Gasteiger partial charge in [-0.2, -0.15) is 10.1 Å². The Kier molecular flexibility index (Phi) is 3.82. The second kappa shape index (κ2) is 6.02. The van der Waals surface area contributed by atoms with Gasteiger partial charge in [0, 0.05) is 0 Å². The van der Waals surface area contributed by atoms with E-state index < -0.39 is 0 Å². The van der Waals surface area contributed by atoms with Crippen molar-refractivity contribution in [1.29, 1.82) is 0 Å². The summed E-state index contributed by atoms with van der Waals surface area (Å²) in [4.78, 5) is 25.4. The summed E-state index contributed by atoms with van der Waals surface area (Å²) in [5.41, 5.74) is 0.651. The van der Waals surface area contributed by atoms with Crippen molar-refractivity contribution in [3.05, 3.63) is 35.9 Å². The Morgan fingerprint density at radius 1 is 1.20 bits per heavy atom. The van der Waals surface area contributed by atoms with Gasteiger partial charge < -0.3 is 9.84 Å². The molecule has 1 aromatic rings. The quantitative estimate of drug-likeness (QED) is 0.518. The van der Waals surface area contributed by atoms with Gasteiger partial charge in [0.1, 0.15) is 0 Å². The zero-order valence-corrected chi connectivity index (χ0v) is 14.0. The van der Waals surface area contributed by atoms with Gasteiger partial charge in [0.25, 0.3) is 11.8 Å². The summed E-state index contributed by atoms with van der Waals surface area (Å²) >= 11 is 0. The van der Waals surface area contributed by atoms with E-state index in [1.807, 2.05) is 6.92 Å². The Morgan fingerprint density at radius 2 is 1.84 bits per heavy atom. The van der Waals surface area contributed by atoms with Gasteiger partial charge >= 0.3 is 0 Å². The number of nitrogens with zero attached hydrogens (tertiary/aromatic N) is 2. The number of allylic oxidation sites excluding steroid dienone is 2. The van der Waals surface area contributed by atoms with Crippen LogP contribution in [0.2, 0.25) is 0 Å². The molecule has 1 heterocycles. The monoisotopic (exact) mass is 340 g/mol. The maximum atomic E-state index is 12.7. The van der Waals surface area contributed by atoms with Crippen molar-refractivity contribution in [2.45, 2.75) is 19.8 Å². The minimum absolute atomic E-state index is 0.0426. The highest BCUT2D eigenvalue weighted by Gasteiger charge is 2.56. The third-order valence-electron chi connectivity index (χ3n) is 5.34. The van der Waals surface area contributed by atoms with Crippen LogP contribution < -0.4 is 4.74 Å². The van der Waals surface area contributed by atoms with Gasteiger partial charge in [0.15, 0.2) is 11.5 Å². The van der Waals surface area contributed by atoms with Crippen molar-refractivity contribution in [2.24, 2.45) is 28.8 Å². The molecule has 2 fully saturated rings. The molecule has 4 atom stereocenters. The van der Waals surface area contributed by atoms with E-state index in [9.17, 15) is 14.7 Å². The van der Waals surface area contributed by atoms with E-state index in [-0.39, 0.29) is 41.2 Å². The molecule has 1 aliphatic heterocycles. The summed E-state index contributed by atoms with van der Waals surface area (Å²) in [6.07, 6.45) is 7.57. The van der Waals surface area contributed by atoms with Gasteiger partial charge in [-0.1, -0.05) is 12.2 Å². The third kappa shape index (κ3) is 2.52. The number of benzene rings is 1. The molecule has 3 aliphatic carbocycles. The molecule has 2 amide bonds. The first-order valence-corrected chi connectivity index (χ1v) is 8.66. The Labute approximate surface area is 145 Å². The Bertz CT molecular complexity index is 754. The number of phenols is 1. The molecule has 1 saturated heterocycles. The summed E-state index contributed by atoms with van der Waals surface area (Å²) in [6.45, 7) is 2.25. The maximum absolute atomic E-state index is 12.7. The molecule has 4 unspecified atom stereocenters. The van der Waals surface area contributed by atoms with Crippen LogP contribution in [-0.2, 0) is 9.59 Å². The number of hydrogen-bond acceptors (Lipinski definition) is 5. The van der Waals surface area contributed by atoms with E-state index in [4.69, 9.17) is 4.74 Å². The lowest BCUT2D eigenvalue weighted by atomic mass is 9.63. The molecule has 2 bridgehead atoms. The maximum Gasteiger partial charge on any atom is 0.254 e. The van der Waals surface area contributed by atoms with E-state index in [2.05, 4.69) is 17.3 Å². The lowest BCUT2D eigenvalue weighted by molar-refractivity contribution is -0.140. The number of carbonyl (C=O) groups excluding carboxylic acids is 2. The average Bonchev–Trinajstić information content (AvgIpc) is 2.90. The summed E-state index contributed by atoms with van der Waals surface area (Å²) < 4.78 is 5.34. The van der Waals surface area contributed by atoms with Crippen LogP contribution in [0.15, 0.2) is 35.5 Å². The number of hydrazone groups is 1. The van der Waals surface area contributed by atoms with Crippen LogP contribution in [0, 0.1) is 23.7 Å². The third-order valence-corrected chi connectivity index (χ3v) is 5.34. The largest absolute Gasteiger partial charge is 0.504 e. The van der Waals surface area contributed by atoms with Gasteiger partial charge in [-0.15, -0.1) is 0 Å². The van der Waals surface area contributed by atoms with Crippen LogP contribution in [0.25, 0.3) is 0 Å². The number of aromatic hydroxyl groups is 1. The molecule has 1 N–H and O–H groups in total. The van der Waals surface area contributed by atoms with Crippen LogP contribution in [0.1, 0.15) is 25.3 Å². The zero-order valence-electron chi connectivity index (χ0n) is 14.0. The first-order valence-electron chi connectivity index (χ1n) is 8.66. The normalized spacial score (nSPS) is 30.4. The topological polar surface area (TPSA) is 79.2 Å². The van der Waals surface area contributed by atoms with Gasteiger partial charge in [0.2, 0.25) is 0 Å². The van der Waals surface area contributed by atoms with Crippen molar-refractivity contribution < 1.29 is 19.4 Å². The molecule has 4 aliphatic rings. The molecular formula is C19H20N2O4. The van der Waals surface area contributed by atoms with Crippen molar-refractivity contribution in [1.82, 2.24) is 5.01 Å². The number of phenolic OH excluding ortho intramolecular Hbond substituents is 1. The van der Waals surface area contributed by atoms with Crippen LogP contribution in [-0.4, -0.2) is 34.8 Å². The summed E-state index contributed by atoms with van der Waals surface area (Å²) in [5.74, 6) is -0.209. The fraction of sp³-hybridized carbons (Fsp3) is 0.421. The summed E-state index contributed by atoms with van der Waals surface area (Å²) in [5, 5.41) is 14.9. The van der Waals surface area contributed by atoms with Crippen molar-refractivity contribution in [3.8, 4) is 11.5 Å². The minimum Gasteiger partial charge on any atom is -0.504 e. The predicted molar refractivity (Wildman–Crippen MR) is 91.1 cm³/mol. The van der Waals surface area contributed by atoms with Gasteiger partial charge in [-0.3, -0.25) is 9.59 Å². The Morgan fingerprint density at radius 3 is 2.40 bits per heavy atom. The standard InChI is InChI=1S/C19H20N2O4/c1-2-25-15-9-11(3-8-14(15)22)10-20-21-18(23)16-12-4-5-13(7-6-12)17(16)19(21)24/h3-5,8-10,12-13,16-17,22H,2,6-7H2,1H3/b20-10+. The van der Waals surface area contributed by atoms with E-state index in [1.54, 1.807) is 12.1 Å². The lowest BCUT2D eigenvalue weighted by Crippen LogP contribution is -2.38. The molecular weight excluding hydrogens is 320 g/mol. The molecule has 0 aromatic heterocycles. The number of ether oxygens (including phenoxy) is 1. The van der Waals surface area contributed by atoms with Crippen molar-refractivity contribution in [3.63, 3.8) is 0 Å². The predicted octanol–water partition coefficient (Wildman–Crippen LogP) is 2.32. The molecule has 0 spiro atoms. The number of carbonyl (C=O) groups is 2. The summed E-state index contributed by atoms with van der Waals surface area (Å²) in [7, 11) is 0. The second-order valence-electron chi connectivity index (χ2n) is 6.73. The van der Waals surface area contributed by atoms with Crippen molar-refractivity contribution >= 4 is 18.0 Å². The minimum atomic E-state index is -0.257. The molecule has 0 radical (unpaired) electrons. The van der Waals surface area contributed by atoms with E-state index in [0.29, 0.717) is 17.9 Å². The smallest absolute Gasteiger partial charge is 0.254 e. The van der Waals surface area contributed by atoms with Crippen LogP contribution >= 0.6 is 0 Å². The molecule has 1 aromatic carbocycles. The molecule has 6 nitrogen and oxygen atoms in total. The van der Waals surface area contributed by atoms with E-state index >= 15 is 0 Å². The molecule has 25 heavy (non-hydrogen) atoms. The number of fused-ring (bicyclic) bond motifs is 1. The second-order valence-corrected chi connectivity index (χ2v) is 6.73. The highest BCUT2D eigenvalue weighted by Crippen LogP contribution is 2.49. The van der Waals surface area contributed by atoms with Crippen LogP contribution in [0.5, 0.6) is 11.5 Å². The zero-order chi connectivity index (χ0) is 17.6. The number of amides is 2. The number of hydrogen-bond donors (Lipinski definition) is 1. The Balaban J connectivity index is 1.57. The van der Waals surface area contributed by atoms with E-state index in [1.165, 1.54) is 12.3 Å². The fourth-order valence-corrected chi connectivity index (χ4v) is 4.18. The Hall–Kier alpha value is -2.63. The SMILES string of the molecule is CCOc1cc(/C=N/N2C(=O)C3C4C=CC(CC4)C3C2=O)ccc1O. The highest BCUT2D eigenvalue weighted by molar-refractivity contribution is 6.06. The molecule has 6 heteroatoms. The van der Waals surface area contributed by atoms with E-state index in [0.717, 1.165) is 17.9 Å². The first kappa shape index (κ1) is 15.9. The number of imide groups is 1.